The lowest BCUT2D eigenvalue weighted by Crippen LogP contribution is -1.86. The minimum Gasteiger partial charge on any atom is -0.497 e. The summed E-state index contributed by atoms with van der Waals surface area (Å²) in [4.78, 5) is 8.01. The molecule has 0 spiro atoms. The van der Waals surface area contributed by atoms with Crippen LogP contribution in [0.1, 0.15) is 11.1 Å². The van der Waals surface area contributed by atoms with Crippen LogP contribution in [0.5, 0.6) is 5.75 Å². The SMILES string of the molecule is COc1ccc2nc(-c3cc(C)ccc3C)[nH]c2c1. The summed E-state index contributed by atoms with van der Waals surface area (Å²) in [5.74, 6) is 1.74. The third-order valence-corrected chi connectivity index (χ3v) is 3.34. The van der Waals surface area contributed by atoms with Crippen LogP contribution in [-0.2, 0) is 0 Å². The van der Waals surface area contributed by atoms with Crippen molar-refractivity contribution < 1.29 is 4.74 Å². The van der Waals surface area contributed by atoms with Crippen LogP contribution < -0.4 is 4.74 Å². The maximum atomic E-state index is 5.23. The van der Waals surface area contributed by atoms with Gasteiger partial charge in [0.15, 0.2) is 0 Å². The van der Waals surface area contributed by atoms with Crippen LogP contribution in [0.2, 0.25) is 0 Å². The van der Waals surface area contributed by atoms with Crippen LogP contribution >= 0.6 is 0 Å². The first-order chi connectivity index (χ1) is 9.17. The van der Waals surface area contributed by atoms with E-state index in [2.05, 4.69) is 42.0 Å². The van der Waals surface area contributed by atoms with Gasteiger partial charge >= 0.3 is 0 Å². The highest BCUT2D eigenvalue weighted by Crippen LogP contribution is 2.26. The molecule has 1 heterocycles. The van der Waals surface area contributed by atoms with E-state index in [9.17, 15) is 0 Å². The Morgan fingerprint density at radius 2 is 1.89 bits per heavy atom. The first kappa shape index (κ1) is 11.8. The predicted octanol–water partition coefficient (Wildman–Crippen LogP) is 3.86. The average molecular weight is 252 g/mol. The van der Waals surface area contributed by atoms with E-state index >= 15 is 0 Å². The predicted molar refractivity (Wildman–Crippen MR) is 77.6 cm³/mol. The molecule has 0 atom stereocenters. The maximum absolute atomic E-state index is 5.23. The number of nitrogens with one attached hydrogen (secondary N) is 1. The zero-order chi connectivity index (χ0) is 13.4. The lowest BCUT2D eigenvalue weighted by Gasteiger charge is -2.03. The van der Waals surface area contributed by atoms with Gasteiger partial charge in [0.1, 0.15) is 11.6 Å². The number of aromatic amines is 1. The van der Waals surface area contributed by atoms with Crippen LogP contribution in [-0.4, -0.2) is 17.1 Å². The zero-order valence-electron chi connectivity index (χ0n) is 11.3. The highest BCUT2D eigenvalue weighted by molar-refractivity contribution is 5.81. The van der Waals surface area contributed by atoms with E-state index in [0.29, 0.717) is 0 Å². The number of fused-ring (bicyclic) bond motifs is 1. The summed E-state index contributed by atoms with van der Waals surface area (Å²) >= 11 is 0. The fourth-order valence-electron chi connectivity index (χ4n) is 2.23. The molecule has 1 N–H and O–H groups in total. The number of benzene rings is 2. The molecule has 0 saturated carbocycles. The summed E-state index contributed by atoms with van der Waals surface area (Å²) < 4.78 is 5.23. The molecule has 19 heavy (non-hydrogen) atoms. The van der Waals surface area contributed by atoms with Gasteiger partial charge in [0.25, 0.3) is 0 Å². The number of hydrogen-bond acceptors (Lipinski definition) is 2. The minimum atomic E-state index is 0.837. The summed E-state index contributed by atoms with van der Waals surface area (Å²) in [6, 6.07) is 12.3. The Labute approximate surface area is 112 Å². The number of H-pyrrole nitrogens is 1. The van der Waals surface area contributed by atoms with Crippen LogP contribution in [0.15, 0.2) is 36.4 Å². The van der Waals surface area contributed by atoms with Gasteiger partial charge in [-0.3, -0.25) is 0 Å². The molecule has 3 rings (SSSR count). The van der Waals surface area contributed by atoms with Gasteiger partial charge in [-0.1, -0.05) is 17.7 Å². The van der Waals surface area contributed by atoms with Crippen molar-refractivity contribution in [3.05, 3.63) is 47.5 Å². The van der Waals surface area contributed by atoms with Crippen molar-refractivity contribution >= 4 is 11.0 Å². The van der Waals surface area contributed by atoms with Gasteiger partial charge in [0.05, 0.1) is 18.1 Å². The molecule has 3 heteroatoms. The van der Waals surface area contributed by atoms with E-state index in [1.165, 1.54) is 11.1 Å². The molecule has 0 unspecified atom stereocenters. The molecule has 3 aromatic rings. The van der Waals surface area contributed by atoms with Crippen molar-refractivity contribution in [3.8, 4) is 17.1 Å². The Morgan fingerprint density at radius 3 is 2.68 bits per heavy atom. The highest BCUT2D eigenvalue weighted by Gasteiger charge is 2.08. The summed E-state index contributed by atoms with van der Waals surface area (Å²) in [5, 5.41) is 0. The van der Waals surface area contributed by atoms with E-state index < -0.39 is 0 Å². The molecular weight excluding hydrogens is 236 g/mol. The minimum absolute atomic E-state index is 0.837. The zero-order valence-corrected chi connectivity index (χ0v) is 11.3. The molecule has 0 radical (unpaired) electrons. The number of aromatic nitrogens is 2. The van der Waals surface area contributed by atoms with Gasteiger partial charge in [-0.05, 0) is 37.6 Å². The van der Waals surface area contributed by atoms with E-state index in [4.69, 9.17) is 4.74 Å². The van der Waals surface area contributed by atoms with Gasteiger partial charge < -0.3 is 9.72 Å². The number of ether oxygens (including phenoxy) is 1. The quantitative estimate of drug-likeness (QED) is 0.752. The molecule has 2 aromatic carbocycles. The van der Waals surface area contributed by atoms with Gasteiger partial charge in [0.2, 0.25) is 0 Å². The van der Waals surface area contributed by atoms with Crippen LogP contribution in [0, 0.1) is 13.8 Å². The topological polar surface area (TPSA) is 37.9 Å². The second-order valence-corrected chi connectivity index (χ2v) is 4.79. The maximum Gasteiger partial charge on any atom is 0.138 e. The molecule has 0 aliphatic carbocycles. The Kier molecular flexibility index (Phi) is 2.75. The second-order valence-electron chi connectivity index (χ2n) is 4.79. The number of nitrogens with zero attached hydrogens (tertiary/aromatic N) is 1. The smallest absolute Gasteiger partial charge is 0.138 e. The fourth-order valence-corrected chi connectivity index (χ4v) is 2.23. The van der Waals surface area contributed by atoms with Crippen LogP contribution in [0.4, 0.5) is 0 Å². The summed E-state index contributed by atoms with van der Waals surface area (Å²) in [5.41, 5.74) is 5.55. The number of aryl methyl sites for hydroxylation is 2. The summed E-state index contributed by atoms with van der Waals surface area (Å²) in [7, 11) is 1.67. The van der Waals surface area contributed by atoms with Gasteiger partial charge in [-0.2, -0.15) is 0 Å². The first-order valence-corrected chi connectivity index (χ1v) is 6.29. The molecule has 1 aromatic heterocycles. The lowest BCUT2D eigenvalue weighted by molar-refractivity contribution is 0.415. The lowest BCUT2D eigenvalue weighted by atomic mass is 10.1. The summed E-state index contributed by atoms with van der Waals surface area (Å²) in [6.45, 7) is 4.19. The van der Waals surface area contributed by atoms with Gasteiger partial charge in [-0.25, -0.2) is 4.98 Å². The number of hydrogen-bond donors (Lipinski definition) is 1. The Balaban J connectivity index is 2.17. The van der Waals surface area contributed by atoms with E-state index in [0.717, 1.165) is 28.2 Å². The van der Waals surface area contributed by atoms with E-state index in [1.807, 2.05) is 18.2 Å². The van der Waals surface area contributed by atoms with E-state index in [-0.39, 0.29) is 0 Å². The Morgan fingerprint density at radius 1 is 1.05 bits per heavy atom. The molecule has 0 bridgehead atoms. The van der Waals surface area contributed by atoms with Crippen LogP contribution in [0.3, 0.4) is 0 Å². The van der Waals surface area contributed by atoms with Crippen molar-refractivity contribution in [2.24, 2.45) is 0 Å². The normalized spacial score (nSPS) is 10.9. The fraction of sp³-hybridized carbons (Fsp3) is 0.188. The summed E-state index contributed by atoms with van der Waals surface area (Å²) in [6.07, 6.45) is 0. The number of methoxy groups -OCH3 is 1. The number of rotatable bonds is 2. The Hall–Kier alpha value is -2.29. The van der Waals surface area contributed by atoms with Crippen molar-refractivity contribution in [2.75, 3.05) is 7.11 Å². The van der Waals surface area contributed by atoms with Crippen molar-refractivity contribution in [1.29, 1.82) is 0 Å². The van der Waals surface area contributed by atoms with E-state index in [1.54, 1.807) is 7.11 Å². The molecule has 0 fully saturated rings. The molecule has 0 amide bonds. The van der Waals surface area contributed by atoms with Gasteiger partial charge in [0, 0.05) is 11.6 Å². The standard InChI is InChI=1S/C16H16N2O/c1-10-4-5-11(2)13(8-10)16-17-14-7-6-12(19-3)9-15(14)18-16/h4-9H,1-3H3,(H,17,18). The van der Waals surface area contributed by atoms with Crippen molar-refractivity contribution in [2.45, 2.75) is 13.8 Å². The monoisotopic (exact) mass is 252 g/mol. The molecule has 0 aliphatic rings. The molecule has 96 valence electrons. The van der Waals surface area contributed by atoms with Crippen LogP contribution in [0.25, 0.3) is 22.4 Å². The largest absolute Gasteiger partial charge is 0.497 e. The molecule has 0 aliphatic heterocycles. The molecule has 3 nitrogen and oxygen atoms in total. The third kappa shape index (κ3) is 2.08. The molecular formula is C16H16N2O. The van der Waals surface area contributed by atoms with Crippen molar-refractivity contribution in [3.63, 3.8) is 0 Å². The first-order valence-electron chi connectivity index (χ1n) is 6.29. The average Bonchev–Trinajstić information content (AvgIpc) is 2.83. The number of imidazole rings is 1. The Bertz CT molecular complexity index is 744. The highest BCUT2D eigenvalue weighted by atomic mass is 16.5. The third-order valence-electron chi connectivity index (χ3n) is 3.34. The van der Waals surface area contributed by atoms with Gasteiger partial charge in [-0.15, -0.1) is 0 Å². The second kappa shape index (κ2) is 4.43. The molecule has 0 saturated heterocycles. The van der Waals surface area contributed by atoms with Crippen molar-refractivity contribution in [1.82, 2.24) is 9.97 Å².